The number of thioether (sulfide) groups is 1. The van der Waals surface area contributed by atoms with Crippen molar-refractivity contribution in [3.05, 3.63) is 0 Å². The van der Waals surface area contributed by atoms with Crippen molar-refractivity contribution in [2.75, 3.05) is 6.79 Å². The maximum absolute atomic E-state index is 12.4. The van der Waals surface area contributed by atoms with Gasteiger partial charge >= 0.3 is 11.9 Å². The highest BCUT2D eigenvalue weighted by Gasteiger charge is 2.65. The zero-order valence-electron chi connectivity index (χ0n) is 14.9. The first-order valence-corrected chi connectivity index (χ1v) is 8.78. The summed E-state index contributed by atoms with van der Waals surface area (Å²) < 4.78 is 9.46. The number of hydrogen-bond donors (Lipinski definition) is 1. The monoisotopic (exact) mass is 359 g/mol. The Labute approximate surface area is 146 Å². The molecule has 0 aromatic heterocycles. The molecule has 136 valence electrons. The van der Waals surface area contributed by atoms with Gasteiger partial charge in [0.2, 0.25) is 12.7 Å². The summed E-state index contributed by atoms with van der Waals surface area (Å²) in [4.78, 5) is 37.8. The summed E-state index contributed by atoms with van der Waals surface area (Å²) in [6.45, 7) is 9.92. The van der Waals surface area contributed by atoms with Gasteiger partial charge in [-0.15, -0.1) is 11.8 Å². The Bertz CT molecular complexity index is 553. The van der Waals surface area contributed by atoms with E-state index in [1.54, 1.807) is 27.7 Å². The van der Waals surface area contributed by atoms with Crippen LogP contribution in [-0.2, 0) is 23.9 Å². The van der Waals surface area contributed by atoms with Gasteiger partial charge in [-0.2, -0.15) is 0 Å². The minimum atomic E-state index is -0.761. The Morgan fingerprint density at radius 3 is 2.42 bits per heavy atom. The largest absolute Gasteiger partial charge is 0.427 e. The maximum atomic E-state index is 12.4. The molecule has 2 aliphatic heterocycles. The number of aliphatic hydroxyl groups excluding tert-OH is 1. The van der Waals surface area contributed by atoms with E-state index in [0.717, 1.165) is 0 Å². The van der Waals surface area contributed by atoms with Crippen LogP contribution in [0.5, 0.6) is 0 Å². The number of carbonyl (C=O) groups excluding carboxylic acids is 3. The number of ether oxygens (including phenoxy) is 2. The average Bonchev–Trinajstić information content (AvgIpc) is 2.64. The lowest BCUT2D eigenvalue weighted by Crippen LogP contribution is -2.65. The quantitative estimate of drug-likeness (QED) is 0.457. The van der Waals surface area contributed by atoms with Crippen molar-refractivity contribution >= 4 is 29.6 Å². The molecule has 2 fully saturated rings. The van der Waals surface area contributed by atoms with Gasteiger partial charge in [-0.25, -0.2) is 4.79 Å². The zero-order valence-corrected chi connectivity index (χ0v) is 15.7. The van der Waals surface area contributed by atoms with Gasteiger partial charge in [0.05, 0.1) is 22.8 Å². The Hall–Kier alpha value is -1.28. The van der Waals surface area contributed by atoms with Gasteiger partial charge in [0.15, 0.2) is 0 Å². The second kappa shape index (κ2) is 6.22. The number of β-lactam (4-membered cyclic amide) rings is 1. The first-order chi connectivity index (χ1) is 10.9. The van der Waals surface area contributed by atoms with Crippen LogP contribution in [0.1, 0.15) is 41.5 Å². The lowest BCUT2D eigenvalue weighted by atomic mass is 9.88. The average molecular weight is 359 g/mol. The van der Waals surface area contributed by atoms with E-state index in [0.29, 0.717) is 0 Å². The fourth-order valence-corrected chi connectivity index (χ4v) is 4.69. The molecule has 0 radical (unpaired) electrons. The molecule has 0 aliphatic carbocycles. The molecule has 8 heteroatoms. The minimum Gasteiger partial charge on any atom is -0.427 e. The summed E-state index contributed by atoms with van der Waals surface area (Å²) in [5.74, 6) is -1.82. The van der Waals surface area contributed by atoms with Gasteiger partial charge < -0.3 is 19.5 Å². The molecule has 0 saturated carbocycles. The van der Waals surface area contributed by atoms with Crippen molar-refractivity contribution in [1.82, 2.24) is 4.90 Å². The zero-order chi connectivity index (χ0) is 18.4. The third-order valence-electron chi connectivity index (χ3n) is 4.23. The third-order valence-corrected chi connectivity index (χ3v) is 5.82. The standard InChI is InChI=1S/C16H25NO6S/c1-8(18)9-11(19)17-10(16(5,6)24-12(9)17)13(20)22-7-23-14(21)15(2,3)4/h8-10,12,18H,7H2,1-6H3/t8?,9-,10-,12+/m0/s1. The Morgan fingerprint density at radius 1 is 1.33 bits per heavy atom. The lowest BCUT2D eigenvalue weighted by molar-refractivity contribution is -0.183. The predicted octanol–water partition coefficient (Wildman–Crippen LogP) is 1.14. The van der Waals surface area contributed by atoms with Crippen LogP contribution in [0.25, 0.3) is 0 Å². The summed E-state index contributed by atoms with van der Waals surface area (Å²) in [5.41, 5.74) is -0.683. The highest BCUT2D eigenvalue weighted by atomic mass is 32.2. The number of aliphatic hydroxyl groups is 1. The summed E-state index contributed by atoms with van der Waals surface area (Å²) >= 11 is 1.47. The predicted molar refractivity (Wildman–Crippen MR) is 87.8 cm³/mol. The van der Waals surface area contributed by atoms with Crippen LogP contribution in [0.3, 0.4) is 0 Å². The number of amides is 1. The normalized spacial score (nSPS) is 29.5. The highest BCUT2D eigenvalue weighted by molar-refractivity contribution is 8.01. The molecule has 1 N–H and O–H groups in total. The maximum Gasteiger partial charge on any atom is 0.333 e. The Morgan fingerprint density at radius 2 is 1.92 bits per heavy atom. The van der Waals surface area contributed by atoms with E-state index < -0.39 is 47.0 Å². The lowest BCUT2D eigenvalue weighted by Gasteiger charge is -2.45. The van der Waals surface area contributed by atoms with Crippen molar-refractivity contribution in [2.24, 2.45) is 11.3 Å². The van der Waals surface area contributed by atoms with Crippen LogP contribution in [-0.4, -0.2) is 56.9 Å². The molecular weight excluding hydrogens is 334 g/mol. The molecule has 4 atom stereocenters. The molecule has 0 aromatic carbocycles. The molecule has 2 heterocycles. The topological polar surface area (TPSA) is 93.1 Å². The Kier molecular flexibility index (Phi) is 4.94. The first kappa shape index (κ1) is 19.1. The molecule has 24 heavy (non-hydrogen) atoms. The van der Waals surface area contributed by atoms with Gasteiger partial charge in [0, 0.05) is 4.75 Å². The molecule has 7 nitrogen and oxygen atoms in total. The van der Waals surface area contributed by atoms with E-state index in [1.807, 2.05) is 13.8 Å². The molecule has 2 rings (SSSR count). The number of rotatable bonds is 4. The van der Waals surface area contributed by atoms with Crippen LogP contribution in [0, 0.1) is 11.3 Å². The van der Waals surface area contributed by atoms with E-state index in [2.05, 4.69) is 0 Å². The summed E-state index contributed by atoms with van der Waals surface area (Å²) in [6, 6.07) is -0.761. The molecule has 0 spiro atoms. The summed E-state index contributed by atoms with van der Waals surface area (Å²) in [5, 5.41) is 9.49. The van der Waals surface area contributed by atoms with Gasteiger partial charge in [0.1, 0.15) is 6.04 Å². The van der Waals surface area contributed by atoms with E-state index in [9.17, 15) is 19.5 Å². The van der Waals surface area contributed by atoms with Crippen molar-refractivity contribution in [3.8, 4) is 0 Å². The highest BCUT2D eigenvalue weighted by Crippen LogP contribution is 2.54. The van der Waals surface area contributed by atoms with Crippen LogP contribution >= 0.6 is 11.8 Å². The summed E-state index contributed by atoms with van der Waals surface area (Å²) in [6.07, 6.45) is -0.760. The van der Waals surface area contributed by atoms with Crippen molar-refractivity contribution in [3.63, 3.8) is 0 Å². The molecule has 0 aromatic rings. The van der Waals surface area contributed by atoms with Gasteiger partial charge in [-0.3, -0.25) is 9.59 Å². The molecule has 2 saturated heterocycles. The van der Waals surface area contributed by atoms with E-state index in [1.165, 1.54) is 16.7 Å². The second-order valence-electron chi connectivity index (χ2n) is 7.79. The van der Waals surface area contributed by atoms with Crippen LogP contribution in [0.15, 0.2) is 0 Å². The molecular formula is C16H25NO6S. The fourth-order valence-electron chi connectivity index (χ4n) is 2.90. The summed E-state index contributed by atoms with van der Waals surface area (Å²) in [7, 11) is 0. The smallest absolute Gasteiger partial charge is 0.333 e. The molecule has 0 bridgehead atoms. The Balaban J connectivity index is 1.99. The number of nitrogens with zero attached hydrogens (tertiary/aromatic N) is 1. The number of esters is 2. The minimum absolute atomic E-state index is 0.234. The molecule has 1 amide bonds. The van der Waals surface area contributed by atoms with Crippen molar-refractivity contribution < 1.29 is 29.0 Å². The molecule has 2 aliphatic rings. The van der Waals surface area contributed by atoms with Crippen LogP contribution < -0.4 is 0 Å². The molecule has 1 unspecified atom stereocenters. The van der Waals surface area contributed by atoms with Crippen LogP contribution in [0.2, 0.25) is 0 Å². The van der Waals surface area contributed by atoms with Crippen molar-refractivity contribution in [1.29, 1.82) is 0 Å². The first-order valence-electron chi connectivity index (χ1n) is 7.90. The van der Waals surface area contributed by atoms with Crippen molar-refractivity contribution in [2.45, 2.75) is 63.8 Å². The van der Waals surface area contributed by atoms with E-state index in [4.69, 9.17) is 9.47 Å². The van der Waals surface area contributed by atoms with E-state index in [-0.39, 0.29) is 11.3 Å². The third kappa shape index (κ3) is 3.26. The second-order valence-corrected chi connectivity index (χ2v) is 9.56. The number of carbonyl (C=O) groups is 3. The van der Waals surface area contributed by atoms with Crippen LogP contribution in [0.4, 0.5) is 0 Å². The number of fused-ring (bicyclic) bond motifs is 1. The van der Waals surface area contributed by atoms with E-state index >= 15 is 0 Å². The van der Waals surface area contributed by atoms with Gasteiger partial charge in [-0.1, -0.05) is 0 Å². The van der Waals surface area contributed by atoms with Gasteiger partial charge in [0.25, 0.3) is 0 Å². The fraction of sp³-hybridized carbons (Fsp3) is 0.812. The van der Waals surface area contributed by atoms with Gasteiger partial charge in [-0.05, 0) is 41.5 Å². The SMILES string of the molecule is CC(O)[C@H]1C(=O)N2[C@@H]1SC(C)(C)[C@@H]2C(=O)OCOC(=O)C(C)(C)C. The number of hydrogen-bond acceptors (Lipinski definition) is 7.